The number of rotatable bonds is 1. The molecule has 1 heterocycles. The first kappa shape index (κ1) is 14.8. The highest BCUT2D eigenvalue weighted by Gasteiger charge is 2.31. The molecule has 90 valence electrons. The maximum atomic E-state index is 12.1. The van der Waals surface area contributed by atoms with E-state index in [1.54, 1.807) is 0 Å². The Morgan fingerprint density at radius 1 is 1.44 bits per heavy atom. The Morgan fingerprint density at radius 3 is 2.25 bits per heavy atom. The molecular weight excluding hydrogens is 241 g/mol. The van der Waals surface area contributed by atoms with E-state index in [4.69, 9.17) is 5.73 Å². The summed E-state index contributed by atoms with van der Waals surface area (Å²) in [5.41, 5.74) is 3.60. The molecule has 1 aromatic rings. The van der Waals surface area contributed by atoms with E-state index >= 15 is 0 Å². The molecule has 0 aliphatic carbocycles. The van der Waals surface area contributed by atoms with Gasteiger partial charge >= 0.3 is 6.18 Å². The molecule has 0 aliphatic heterocycles. The lowest BCUT2D eigenvalue weighted by Crippen LogP contribution is -2.15. The van der Waals surface area contributed by atoms with Crippen molar-refractivity contribution in [3.05, 3.63) is 23.5 Å². The van der Waals surface area contributed by atoms with Crippen molar-refractivity contribution in [2.75, 3.05) is 0 Å². The summed E-state index contributed by atoms with van der Waals surface area (Å²) in [6.07, 6.45) is -3.96. The molecule has 1 rings (SSSR count). The highest BCUT2D eigenvalue weighted by atomic mass is 32.1. The second-order valence-corrected chi connectivity index (χ2v) is 2.94. The smallest absolute Gasteiger partial charge is 0.364 e. The van der Waals surface area contributed by atoms with Gasteiger partial charge in [0, 0.05) is 11.1 Å². The van der Waals surface area contributed by atoms with Crippen LogP contribution >= 0.6 is 12.6 Å². The summed E-state index contributed by atoms with van der Waals surface area (Å²) >= 11 is 3.68. The SMILES string of the molecule is CC.NC(=O)c1ncc(C(F)(F)F)cc1S. The number of hydrogen-bond acceptors (Lipinski definition) is 3. The van der Waals surface area contributed by atoms with Crippen molar-refractivity contribution < 1.29 is 18.0 Å². The van der Waals surface area contributed by atoms with E-state index in [0.29, 0.717) is 12.3 Å². The molecule has 0 unspecified atom stereocenters. The topological polar surface area (TPSA) is 56.0 Å². The van der Waals surface area contributed by atoms with E-state index in [-0.39, 0.29) is 10.6 Å². The number of nitrogens with zero attached hydrogens (tertiary/aromatic N) is 1. The van der Waals surface area contributed by atoms with Gasteiger partial charge in [0.25, 0.3) is 5.91 Å². The van der Waals surface area contributed by atoms with E-state index < -0.39 is 17.6 Å². The number of amides is 1. The van der Waals surface area contributed by atoms with E-state index in [0.717, 1.165) is 0 Å². The minimum atomic E-state index is -4.50. The van der Waals surface area contributed by atoms with Crippen LogP contribution in [0.5, 0.6) is 0 Å². The second-order valence-electron chi connectivity index (χ2n) is 2.45. The summed E-state index contributed by atoms with van der Waals surface area (Å²) in [6.45, 7) is 4.00. The van der Waals surface area contributed by atoms with Crippen LogP contribution in [0.15, 0.2) is 17.2 Å². The highest BCUT2D eigenvalue weighted by molar-refractivity contribution is 7.80. The average molecular weight is 252 g/mol. The Kier molecular flexibility index (Phi) is 5.29. The number of carbonyl (C=O) groups is 1. The van der Waals surface area contributed by atoms with Crippen molar-refractivity contribution in [1.29, 1.82) is 0 Å². The maximum Gasteiger partial charge on any atom is 0.417 e. The van der Waals surface area contributed by atoms with Crippen molar-refractivity contribution in [2.45, 2.75) is 24.9 Å². The van der Waals surface area contributed by atoms with Crippen LogP contribution in [0.4, 0.5) is 13.2 Å². The monoisotopic (exact) mass is 252 g/mol. The normalized spacial score (nSPS) is 10.4. The first-order valence-electron chi connectivity index (χ1n) is 4.38. The molecule has 1 amide bonds. The molecule has 16 heavy (non-hydrogen) atoms. The van der Waals surface area contributed by atoms with Gasteiger partial charge in [-0.1, -0.05) is 13.8 Å². The van der Waals surface area contributed by atoms with Crippen LogP contribution in [0.3, 0.4) is 0 Å². The third-order valence-corrected chi connectivity index (χ3v) is 1.77. The number of aromatic nitrogens is 1. The molecule has 0 saturated heterocycles. The standard InChI is InChI=1S/C7H5F3N2OS.C2H6/c8-7(9,10)3-1-4(14)5(6(11)13)12-2-3;1-2/h1-2,14H,(H2,11,13);1-2H3. The minimum Gasteiger partial charge on any atom is -0.364 e. The van der Waals surface area contributed by atoms with Gasteiger partial charge in [0.05, 0.1) is 5.56 Å². The van der Waals surface area contributed by atoms with Gasteiger partial charge in [-0.15, -0.1) is 12.6 Å². The van der Waals surface area contributed by atoms with Crippen molar-refractivity contribution in [3.8, 4) is 0 Å². The van der Waals surface area contributed by atoms with Crippen molar-refractivity contribution in [3.63, 3.8) is 0 Å². The number of pyridine rings is 1. The molecule has 3 nitrogen and oxygen atoms in total. The highest BCUT2D eigenvalue weighted by Crippen LogP contribution is 2.30. The first-order chi connectivity index (χ1) is 7.32. The Hall–Kier alpha value is -1.24. The zero-order valence-corrected chi connectivity index (χ0v) is 9.56. The number of thiol groups is 1. The number of halogens is 3. The van der Waals surface area contributed by atoms with Crippen LogP contribution < -0.4 is 5.73 Å². The summed E-state index contributed by atoms with van der Waals surface area (Å²) < 4.78 is 36.3. The van der Waals surface area contributed by atoms with Crippen molar-refractivity contribution in [2.24, 2.45) is 5.73 Å². The van der Waals surface area contributed by atoms with Gasteiger partial charge < -0.3 is 5.73 Å². The van der Waals surface area contributed by atoms with E-state index in [1.165, 1.54) is 0 Å². The molecule has 0 bridgehead atoms. The average Bonchev–Trinajstić information content (AvgIpc) is 2.18. The molecule has 7 heteroatoms. The number of hydrogen-bond donors (Lipinski definition) is 2. The number of nitrogens with two attached hydrogens (primary N) is 1. The van der Waals surface area contributed by atoms with Crippen LogP contribution in [0.25, 0.3) is 0 Å². The first-order valence-corrected chi connectivity index (χ1v) is 4.83. The van der Waals surface area contributed by atoms with Gasteiger partial charge in [-0.3, -0.25) is 4.79 Å². The lowest BCUT2D eigenvalue weighted by atomic mass is 10.2. The van der Waals surface area contributed by atoms with Crippen molar-refractivity contribution in [1.82, 2.24) is 4.98 Å². The molecule has 0 spiro atoms. The van der Waals surface area contributed by atoms with Gasteiger partial charge in [-0.05, 0) is 6.07 Å². The van der Waals surface area contributed by atoms with E-state index in [2.05, 4.69) is 17.6 Å². The van der Waals surface area contributed by atoms with Gasteiger partial charge in [-0.25, -0.2) is 4.98 Å². The number of carbonyl (C=O) groups excluding carboxylic acids is 1. The summed E-state index contributed by atoms with van der Waals surface area (Å²) in [7, 11) is 0. The lowest BCUT2D eigenvalue weighted by molar-refractivity contribution is -0.138. The second kappa shape index (κ2) is 5.74. The van der Waals surface area contributed by atoms with Gasteiger partial charge in [0.2, 0.25) is 0 Å². The molecule has 0 atom stereocenters. The van der Waals surface area contributed by atoms with Gasteiger partial charge in [-0.2, -0.15) is 13.2 Å². The number of primary amides is 1. The quantitative estimate of drug-likeness (QED) is 0.754. The Bertz CT molecular complexity index is 380. The van der Waals surface area contributed by atoms with Crippen LogP contribution in [0.1, 0.15) is 29.9 Å². The Labute approximate surface area is 96.3 Å². The predicted molar refractivity (Wildman–Crippen MR) is 56.4 cm³/mol. The minimum absolute atomic E-state index is 0.188. The summed E-state index contributed by atoms with van der Waals surface area (Å²) in [6, 6.07) is 0.705. The predicted octanol–water partition coefficient (Wildman–Crippen LogP) is 2.51. The Morgan fingerprint density at radius 2 is 1.94 bits per heavy atom. The fourth-order valence-corrected chi connectivity index (χ4v) is 1.11. The lowest BCUT2D eigenvalue weighted by Gasteiger charge is -2.07. The van der Waals surface area contributed by atoms with Gasteiger partial charge in [0.1, 0.15) is 5.69 Å². The van der Waals surface area contributed by atoms with Crippen LogP contribution in [-0.4, -0.2) is 10.9 Å². The zero-order chi connectivity index (χ0) is 12.9. The van der Waals surface area contributed by atoms with Crippen LogP contribution in [0.2, 0.25) is 0 Å². The van der Waals surface area contributed by atoms with Crippen LogP contribution in [0, 0.1) is 0 Å². The van der Waals surface area contributed by atoms with Crippen molar-refractivity contribution >= 4 is 18.5 Å². The molecule has 2 N–H and O–H groups in total. The molecule has 1 aromatic heterocycles. The Balaban J connectivity index is 0.00000106. The third-order valence-electron chi connectivity index (χ3n) is 1.43. The van der Waals surface area contributed by atoms with E-state index in [1.807, 2.05) is 13.8 Å². The fraction of sp³-hybridized carbons (Fsp3) is 0.333. The molecular formula is C9H11F3N2OS. The molecule has 0 radical (unpaired) electrons. The third kappa shape index (κ3) is 3.73. The van der Waals surface area contributed by atoms with Crippen LogP contribution in [-0.2, 0) is 6.18 Å². The summed E-state index contributed by atoms with van der Waals surface area (Å²) in [4.78, 5) is 13.7. The number of alkyl halides is 3. The summed E-state index contributed by atoms with van der Waals surface area (Å²) in [5.74, 6) is -0.913. The summed E-state index contributed by atoms with van der Waals surface area (Å²) in [5, 5.41) is 0. The fourth-order valence-electron chi connectivity index (χ4n) is 0.798. The van der Waals surface area contributed by atoms with Gasteiger partial charge in [0.15, 0.2) is 0 Å². The molecule has 0 fully saturated rings. The van der Waals surface area contributed by atoms with E-state index in [9.17, 15) is 18.0 Å². The zero-order valence-electron chi connectivity index (χ0n) is 8.67. The molecule has 0 saturated carbocycles. The molecule has 0 aliphatic rings. The molecule has 0 aromatic carbocycles. The largest absolute Gasteiger partial charge is 0.417 e. The maximum absolute atomic E-state index is 12.1.